The van der Waals surface area contributed by atoms with Crippen LogP contribution in [0.4, 0.5) is 0 Å². The van der Waals surface area contributed by atoms with Crippen LogP contribution in [0.25, 0.3) is 11.1 Å². The van der Waals surface area contributed by atoms with Crippen LogP contribution in [-0.2, 0) is 14.3 Å². The minimum atomic E-state index is -1.54. The Morgan fingerprint density at radius 1 is 1.00 bits per heavy atom. The topological polar surface area (TPSA) is 103 Å². The molecule has 2 atom stereocenters. The molecule has 0 saturated carbocycles. The van der Waals surface area contributed by atoms with Crippen LogP contribution in [0.15, 0.2) is 71.3 Å². The fraction of sp³-hybridized carbons (Fsp3) is 0.182. The van der Waals surface area contributed by atoms with Gasteiger partial charge in [-0.05, 0) is 34.4 Å². The van der Waals surface area contributed by atoms with Crippen LogP contribution in [-0.4, -0.2) is 23.7 Å². The summed E-state index contributed by atoms with van der Waals surface area (Å²) in [6, 6.07) is 17.9. The van der Waals surface area contributed by atoms with Crippen molar-refractivity contribution in [2.75, 3.05) is 6.61 Å². The first kappa shape index (κ1) is 18.0. The van der Waals surface area contributed by atoms with Crippen LogP contribution in [0.5, 0.6) is 0 Å². The smallest absolute Gasteiger partial charge is 0.322 e. The molecule has 3 aromatic rings. The highest BCUT2D eigenvalue weighted by Gasteiger charge is 2.38. The lowest BCUT2D eigenvalue weighted by atomic mass is 9.97. The molecule has 1 aromatic heterocycles. The number of furan rings is 1. The lowest BCUT2D eigenvalue weighted by Crippen LogP contribution is -2.36. The maximum atomic E-state index is 12.6. The molecule has 0 fully saturated rings. The SMILES string of the molecule is NC(c1ccco1)C(C(=O)O)C(=O)OCC1c2ccccc2-c2ccccc21. The summed E-state index contributed by atoms with van der Waals surface area (Å²) in [5.74, 6) is -3.69. The summed E-state index contributed by atoms with van der Waals surface area (Å²) in [5.41, 5.74) is 10.3. The molecule has 0 radical (unpaired) electrons. The monoisotopic (exact) mass is 377 g/mol. The van der Waals surface area contributed by atoms with E-state index in [2.05, 4.69) is 0 Å². The molecular weight excluding hydrogens is 358 g/mol. The van der Waals surface area contributed by atoms with E-state index in [1.807, 2.05) is 48.5 Å². The molecule has 2 aromatic carbocycles. The second kappa shape index (κ2) is 7.32. The molecule has 0 spiro atoms. The van der Waals surface area contributed by atoms with Crippen molar-refractivity contribution < 1.29 is 23.8 Å². The van der Waals surface area contributed by atoms with Crippen LogP contribution < -0.4 is 5.73 Å². The van der Waals surface area contributed by atoms with Crippen molar-refractivity contribution in [3.05, 3.63) is 83.8 Å². The Kier molecular flexibility index (Phi) is 4.71. The van der Waals surface area contributed by atoms with Crippen LogP contribution in [0.1, 0.15) is 28.8 Å². The molecule has 1 heterocycles. The van der Waals surface area contributed by atoms with Crippen molar-refractivity contribution in [3.8, 4) is 11.1 Å². The molecule has 6 nitrogen and oxygen atoms in total. The second-order valence-corrected chi connectivity index (χ2v) is 6.71. The highest BCUT2D eigenvalue weighted by molar-refractivity contribution is 5.95. The standard InChI is InChI=1S/C22H19NO5/c23-20(18-10-5-11-27-18)19(21(24)25)22(26)28-12-17-15-8-3-1-6-13(15)14-7-2-4-9-16(14)17/h1-11,17,19-20H,12,23H2,(H,24,25). The number of rotatable bonds is 6. The predicted molar refractivity (Wildman–Crippen MR) is 101 cm³/mol. The maximum Gasteiger partial charge on any atom is 0.322 e. The van der Waals surface area contributed by atoms with Gasteiger partial charge in [0.2, 0.25) is 0 Å². The number of carboxylic acid groups (broad SMARTS) is 1. The highest BCUT2D eigenvalue weighted by atomic mass is 16.5. The molecule has 28 heavy (non-hydrogen) atoms. The number of carbonyl (C=O) groups is 2. The summed E-state index contributed by atoms with van der Waals surface area (Å²) in [5, 5.41) is 9.50. The number of hydrogen-bond donors (Lipinski definition) is 2. The van der Waals surface area contributed by atoms with Crippen LogP contribution in [0.2, 0.25) is 0 Å². The van der Waals surface area contributed by atoms with Gasteiger partial charge in [0.05, 0.1) is 12.3 Å². The Hall–Kier alpha value is -3.38. The van der Waals surface area contributed by atoms with Gasteiger partial charge in [0.15, 0.2) is 5.92 Å². The molecule has 0 aliphatic heterocycles. The first-order valence-electron chi connectivity index (χ1n) is 8.94. The predicted octanol–water partition coefficient (Wildman–Crippen LogP) is 3.34. The van der Waals surface area contributed by atoms with Gasteiger partial charge in [0.25, 0.3) is 0 Å². The Labute approximate surface area is 161 Å². The third-order valence-corrected chi connectivity index (χ3v) is 5.11. The zero-order valence-electron chi connectivity index (χ0n) is 14.9. The lowest BCUT2D eigenvalue weighted by molar-refractivity contribution is -0.160. The normalized spacial score (nSPS) is 14.8. The van der Waals surface area contributed by atoms with Gasteiger partial charge in [-0.1, -0.05) is 48.5 Å². The summed E-state index contributed by atoms with van der Waals surface area (Å²) in [7, 11) is 0. The van der Waals surface area contributed by atoms with E-state index in [9.17, 15) is 14.7 Å². The Balaban J connectivity index is 1.55. The number of carbonyl (C=O) groups excluding carboxylic acids is 1. The number of carboxylic acids is 1. The molecule has 0 saturated heterocycles. The number of fused-ring (bicyclic) bond motifs is 3. The minimum absolute atomic E-state index is 0.0432. The fourth-order valence-corrected chi connectivity index (χ4v) is 3.74. The van der Waals surface area contributed by atoms with Gasteiger partial charge in [0, 0.05) is 5.92 Å². The summed E-state index contributed by atoms with van der Waals surface area (Å²) >= 11 is 0. The van der Waals surface area contributed by atoms with Gasteiger partial charge in [-0.15, -0.1) is 0 Å². The molecule has 0 bridgehead atoms. The van der Waals surface area contributed by atoms with Crippen molar-refractivity contribution in [1.29, 1.82) is 0 Å². The van der Waals surface area contributed by atoms with Gasteiger partial charge in [0.1, 0.15) is 12.4 Å². The van der Waals surface area contributed by atoms with E-state index in [0.29, 0.717) is 0 Å². The van der Waals surface area contributed by atoms with Crippen LogP contribution >= 0.6 is 0 Å². The number of aliphatic carboxylic acids is 1. The van der Waals surface area contributed by atoms with Gasteiger partial charge < -0.3 is 20.0 Å². The van der Waals surface area contributed by atoms with Crippen molar-refractivity contribution in [1.82, 2.24) is 0 Å². The van der Waals surface area contributed by atoms with Crippen LogP contribution in [0.3, 0.4) is 0 Å². The molecule has 142 valence electrons. The van der Waals surface area contributed by atoms with Crippen LogP contribution in [0, 0.1) is 5.92 Å². The Morgan fingerprint density at radius 2 is 1.61 bits per heavy atom. The zero-order chi connectivity index (χ0) is 19.7. The van der Waals surface area contributed by atoms with E-state index >= 15 is 0 Å². The first-order chi connectivity index (χ1) is 13.6. The number of ether oxygens (including phenoxy) is 1. The zero-order valence-corrected chi connectivity index (χ0v) is 14.9. The molecule has 2 unspecified atom stereocenters. The van der Waals surface area contributed by atoms with E-state index in [1.54, 1.807) is 6.07 Å². The van der Waals surface area contributed by atoms with Gasteiger partial charge >= 0.3 is 11.9 Å². The Morgan fingerprint density at radius 3 is 2.14 bits per heavy atom. The molecule has 3 N–H and O–H groups in total. The summed E-state index contributed by atoms with van der Waals surface area (Å²) < 4.78 is 10.6. The van der Waals surface area contributed by atoms with Crippen molar-refractivity contribution >= 4 is 11.9 Å². The highest BCUT2D eigenvalue weighted by Crippen LogP contribution is 2.44. The van der Waals surface area contributed by atoms with Gasteiger partial charge in [-0.3, -0.25) is 9.59 Å². The number of nitrogens with two attached hydrogens (primary N) is 1. The van der Waals surface area contributed by atoms with E-state index in [0.717, 1.165) is 22.3 Å². The average Bonchev–Trinajstić information content (AvgIpc) is 3.33. The van der Waals surface area contributed by atoms with E-state index in [1.165, 1.54) is 12.3 Å². The second-order valence-electron chi connectivity index (χ2n) is 6.71. The first-order valence-corrected chi connectivity index (χ1v) is 8.94. The quantitative estimate of drug-likeness (QED) is 0.504. The van der Waals surface area contributed by atoms with Crippen molar-refractivity contribution in [3.63, 3.8) is 0 Å². The summed E-state index contributed by atoms with van der Waals surface area (Å²) in [4.78, 5) is 24.2. The molecular formula is C22H19NO5. The largest absolute Gasteiger partial charge is 0.481 e. The van der Waals surface area contributed by atoms with E-state index in [4.69, 9.17) is 14.9 Å². The summed E-state index contributed by atoms with van der Waals surface area (Å²) in [6.45, 7) is 0.0432. The van der Waals surface area contributed by atoms with E-state index in [-0.39, 0.29) is 18.3 Å². The third kappa shape index (κ3) is 3.08. The summed E-state index contributed by atoms with van der Waals surface area (Å²) in [6.07, 6.45) is 1.38. The molecule has 6 heteroatoms. The minimum Gasteiger partial charge on any atom is -0.481 e. The number of esters is 1. The molecule has 0 amide bonds. The number of benzene rings is 2. The Bertz CT molecular complexity index is 966. The third-order valence-electron chi connectivity index (χ3n) is 5.11. The maximum absolute atomic E-state index is 12.6. The molecule has 1 aliphatic carbocycles. The molecule has 4 rings (SSSR count). The van der Waals surface area contributed by atoms with E-state index < -0.39 is 23.9 Å². The van der Waals surface area contributed by atoms with Crippen molar-refractivity contribution in [2.45, 2.75) is 12.0 Å². The lowest BCUT2D eigenvalue weighted by Gasteiger charge is -2.19. The van der Waals surface area contributed by atoms with Gasteiger partial charge in [-0.2, -0.15) is 0 Å². The molecule has 1 aliphatic rings. The fourth-order valence-electron chi connectivity index (χ4n) is 3.74. The van der Waals surface area contributed by atoms with Crippen molar-refractivity contribution in [2.24, 2.45) is 11.7 Å². The average molecular weight is 377 g/mol. The van der Waals surface area contributed by atoms with Gasteiger partial charge in [-0.25, -0.2) is 0 Å². The number of hydrogen-bond acceptors (Lipinski definition) is 5.